The van der Waals surface area contributed by atoms with Crippen LogP contribution in [-0.4, -0.2) is 61.3 Å². The van der Waals surface area contributed by atoms with Gasteiger partial charge >= 0.3 is 6.03 Å². The summed E-state index contributed by atoms with van der Waals surface area (Å²) >= 11 is 0. The second-order valence-electron chi connectivity index (χ2n) is 7.60. The van der Waals surface area contributed by atoms with Crippen molar-refractivity contribution < 1.29 is 27.9 Å². The lowest BCUT2D eigenvalue weighted by atomic mass is 10.3. The number of nitriles is 1. The number of urea groups is 1. The van der Waals surface area contributed by atoms with Crippen molar-refractivity contribution in [2.75, 3.05) is 49.7 Å². The maximum atomic E-state index is 12.3. The van der Waals surface area contributed by atoms with Crippen LogP contribution in [0.4, 0.5) is 16.4 Å². The number of furan rings is 1. The molecule has 2 N–H and O–H groups in total. The number of aromatic nitrogens is 1. The van der Waals surface area contributed by atoms with E-state index < -0.39 is 11.9 Å². The van der Waals surface area contributed by atoms with Gasteiger partial charge in [-0.05, 0) is 24.3 Å². The number of anilines is 2. The number of carbonyl (C=O) groups excluding carboxylic acids is 2. The molecule has 0 radical (unpaired) electrons. The molecule has 1 fully saturated rings. The van der Waals surface area contributed by atoms with E-state index >= 15 is 0 Å². The largest absolute Gasteiger partial charge is 0.459 e. The average molecular weight is 464 g/mol. The van der Waals surface area contributed by atoms with E-state index in [1.165, 1.54) is 6.26 Å². The number of hydrogen-bond acceptors (Lipinski definition) is 10. The Bertz CT molecular complexity index is 1240. The Morgan fingerprint density at radius 1 is 1.12 bits per heavy atom. The number of amides is 3. The first kappa shape index (κ1) is 21.4. The number of rotatable bonds is 5. The topological polar surface area (TPSA) is 146 Å². The van der Waals surface area contributed by atoms with Crippen molar-refractivity contribution in [2.24, 2.45) is 0 Å². The number of carbonyl (C=O) groups is 2. The molecular formula is C22H20N6O6. The molecule has 2 aromatic heterocycles. The predicted octanol–water partition coefficient (Wildman–Crippen LogP) is 2.01. The van der Waals surface area contributed by atoms with Crippen molar-refractivity contribution in [2.45, 2.75) is 0 Å². The van der Waals surface area contributed by atoms with Gasteiger partial charge in [-0.3, -0.25) is 15.0 Å². The molecule has 174 valence electrons. The van der Waals surface area contributed by atoms with Crippen molar-refractivity contribution >= 4 is 23.5 Å². The van der Waals surface area contributed by atoms with Crippen LogP contribution in [0.5, 0.6) is 11.5 Å². The molecule has 3 aromatic rings. The first-order chi connectivity index (χ1) is 16.6. The molecule has 3 amide bonds. The van der Waals surface area contributed by atoms with Crippen molar-refractivity contribution in [3.63, 3.8) is 0 Å². The Morgan fingerprint density at radius 3 is 2.71 bits per heavy atom. The highest BCUT2D eigenvalue weighted by atomic mass is 16.7. The van der Waals surface area contributed by atoms with Crippen LogP contribution in [0, 0.1) is 11.3 Å². The van der Waals surface area contributed by atoms with Crippen molar-refractivity contribution in [1.82, 2.24) is 15.2 Å². The van der Waals surface area contributed by atoms with Gasteiger partial charge < -0.3 is 28.5 Å². The molecule has 0 unspecified atom stereocenters. The Kier molecular flexibility index (Phi) is 5.75. The third kappa shape index (κ3) is 4.50. The molecule has 0 atom stereocenters. The maximum Gasteiger partial charge on any atom is 0.325 e. The van der Waals surface area contributed by atoms with Gasteiger partial charge in [0, 0.05) is 37.9 Å². The summed E-state index contributed by atoms with van der Waals surface area (Å²) in [6.07, 6.45) is 1.50. The second-order valence-corrected chi connectivity index (χ2v) is 7.60. The van der Waals surface area contributed by atoms with Gasteiger partial charge in [0.25, 0.3) is 5.89 Å². The third-order valence-electron chi connectivity index (χ3n) is 5.36. The van der Waals surface area contributed by atoms with Crippen LogP contribution in [0.3, 0.4) is 0 Å². The fraction of sp³-hybridized carbons (Fsp3) is 0.273. The summed E-state index contributed by atoms with van der Waals surface area (Å²) in [6.45, 7) is 2.33. The number of ether oxygens (including phenoxy) is 2. The first-order valence-electron chi connectivity index (χ1n) is 10.5. The molecule has 12 heteroatoms. The standard InChI is InChI=1S/C22H20N6O6/c23-11-15-21(34-20(25-15)17-2-1-9-31-17)28-7-5-27(6-8-28)12-19(29)26-22(30)24-14-3-4-16-18(10-14)33-13-32-16/h1-4,9-10H,5-8,12-13H2,(H2,24,26,29,30). The van der Waals surface area contributed by atoms with Crippen LogP contribution in [0.2, 0.25) is 0 Å². The summed E-state index contributed by atoms with van der Waals surface area (Å²) in [6, 6.07) is 9.80. The van der Waals surface area contributed by atoms with E-state index in [0.717, 1.165) is 0 Å². The number of fused-ring (bicyclic) bond motifs is 1. The maximum absolute atomic E-state index is 12.3. The van der Waals surface area contributed by atoms with Crippen LogP contribution in [0.25, 0.3) is 11.7 Å². The number of piperazine rings is 1. The fourth-order valence-electron chi connectivity index (χ4n) is 3.72. The van der Waals surface area contributed by atoms with E-state index in [2.05, 4.69) is 15.6 Å². The molecule has 2 aliphatic rings. The highest BCUT2D eigenvalue weighted by Gasteiger charge is 2.26. The van der Waals surface area contributed by atoms with Gasteiger partial charge in [0.15, 0.2) is 17.3 Å². The normalized spacial score (nSPS) is 15.1. The number of nitrogens with zero attached hydrogens (tertiary/aromatic N) is 4. The first-order valence-corrected chi connectivity index (χ1v) is 10.5. The van der Waals surface area contributed by atoms with Crippen LogP contribution >= 0.6 is 0 Å². The van der Waals surface area contributed by atoms with Gasteiger partial charge in [-0.1, -0.05) is 0 Å². The van der Waals surface area contributed by atoms with Crippen LogP contribution < -0.4 is 25.0 Å². The number of oxazole rings is 1. The quantitative estimate of drug-likeness (QED) is 0.575. The van der Waals surface area contributed by atoms with Gasteiger partial charge in [0.2, 0.25) is 24.3 Å². The minimum absolute atomic E-state index is 0.0571. The Labute approximate surface area is 193 Å². The van der Waals surface area contributed by atoms with E-state index in [1.807, 2.05) is 15.9 Å². The molecule has 0 saturated carbocycles. The van der Waals surface area contributed by atoms with Gasteiger partial charge in [0.05, 0.1) is 12.8 Å². The zero-order chi connectivity index (χ0) is 23.5. The minimum Gasteiger partial charge on any atom is -0.459 e. The van der Waals surface area contributed by atoms with Crippen molar-refractivity contribution in [1.29, 1.82) is 5.26 Å². The molecule has 0 spiro atoms. The molecule has 1 saturated heterocycles. The summed E-state index contributed by atoms with van der Waals surface area (Å²) in [5, 5.41) is 14.4. The van der Waals surface area contributed by atoms with Crippen LogP contribution in [0.1, 0.15) is 5.69 Å². The molecule has 0 bridgehead atoms. The summed E-state index contributed by atoms with van der Waals surface area (Å²) in [4.78, 5) is 32.5. The monoisotopic (exact) mass is 464 g/mol. The molecule has 1 aromatic carbocycles. The predicted molar refractivity (Wildman–Crippen MR) is 117 cm³/mol. The lowest BCUT2D eigenvalue weighted by molar-refractivity contribution is -0.121. The molecule has 4 heterocycles. The van der Waals surface area contributed by atoms with Gasteiger partial charge in [-0.25, -0.2) is 4.79 Å². The highest BCUT2D eigenvalue weighted by molar-refractivity contribution is 6.01. The smallest absolute Gasteiger partial charge is 0.325 e. The van der Waals surface area contributed by atoms with Gasteiger partial charge in [0.1, 0.15) is 6.07 Å². The summed E-state index contributed by atoms with van der Waals surface area (Å²) in [7, 11) is 0. The second kappa shape index (κ2) is 9.16. The summed E-state index contributed by atoms with van der Waals surface area (Å²) < 4.78 is 21.6. The van der Waals surface area contributed by atoms with Crippen LogP contribution in [-0.2, 0) is 4.79 Å². The molecule has 12 nitrogen and oxygen atoms in total. The SMILES string of the molecule is N#Cc1nc(-c2ccco2)oc1N1CCN(CC(=O)NC(=O)Nc2ccc3c(c2)OCO3)CC1. The number of benzene rings is 1. The zero-order valence-corrected chi connectivity index (χ0v) is 17.9. The Hall–Kier alpha value is -4.50. The molecule has 2 aliphatic heterocycles. The van der Waals surface area contributed by atoms with E-state index in [9.17, 15) is 14.9 Å². The number of hydrogen-bond donors (Lipinski definition) is 2. The Morgan fingerprint density at radius 2 is 1.94 bits per heavy atom. The zero-order valence-electron chi connectivity index (χ0n) is 17.9. The van der Waals surface area contributed by atoms with E-state index in [0.29, 0.717) is 55.0 Å². The third-order valence-corrected chi connectivity index (χ3v) is 5.36. The lowest BCUT2D eigenvalue weighted by Gasteiger charge is -2.33. The lowest BCUT2D eigenvalue weighted by Crippen LogP contribution is -2.50. The number of imide groups is 1. The minimum atomic E-state index is -0.631. The summed E-state index contributed by atoms with van der Waals surface area (Å²) in [5.41, 5.74) is 0.662. The van der Waals surface area contributed by atoms with Crippen molar-refractivity contribution in [3.8, 4) is 29.2 Å². The van der Waals surface area contributed by atoms with E-state index in [-0.39, 0.29) is 24.9 Å². The molecule has 5 rings (SSSR count). The Balaban J connectivity index is 1.11. The van der Waals surface area contributed by atoms with Gasteiger partial charge in [-0.15, -0.1) is 0 Å². The molecular weight excluding hydrogens is 444 g/mol. The average Bonchev–Trinajstić information content (AvgIpc) is 3.59. The van der Waals surface area contributed by atoms with Crippen LogP contribution in [0.15, 0.2) is 45.4 Å². The van der Waals surface area contributed by atoms with Crippen molar-refractivity contribution in [3.05, 3.63) is 42.3 Å². The number of nitrogens with one attached hydrogen (secondary N) is 2. The molecule has 34 heavy (non-hydrogen) atoms. The highest BCUT2D eigenvalue weighted by Crippen LogP contribution is 2.34. The fourth-order valence-corrected chi connectivity index (χ4v) is 3.72. The van der Waals surface area contributed by atoms with E-state index in [4.69, 9.17) is 18.3 Å². The summed E-state index contributed by atoms with van der Waals surface area (Å²) in [5.74, 6) is 1.77. The van der Waals surface area contributed by atoms with E-state index in [1.54, 1.807) is 30.3 Å². The molecule has 0 aliphatic carbocycles. The van der Waals surface area contributed by atoms with Gasteiger partial charge in [-0.2, -0.15) is 10.2 Å².